The van der Waals surface area contributed by atoms with Crippen LogP contribution in [0.3, 0.4) is 0 Å². The van der Waals surface area contributed by atoms with E-state index in [0.29, 0.717) is 12.0 Å². The van der Waals surface area contributed by atoms with Gasteiger partial charge in [0.15, 0.2) is 0 Å². The number of nitrogens with zero attached hydrogens (tertiary/aromatic N) is 4. The SMILES string of the molecule is CC(C)CC(CNCc1cnc2ncccn12)N1CCOCC1. The zero-order valence-electron chi connectivity index (χ0n) is 14.1. The summed E-state index contributed by atoms with van der Waals surface area (Å²) in [6, 6.07) is 2.50. The average Bonchev–Trinajstić information content (AvgIpc) is 2.98. The number of aromatic nitrogens is 3. The molecule has 2 aromatic heterocycles. The van der Waals surface area contributed by atoms with Gasteiger partial charge in [-0.15, -0.1) is 0 Å². The molecule has 3 heterocycles. The highest BCUT2D eigenvalue weighted by Crippen LogP contribution is 2.13. The third-order valence-electron chi connectivity index (χ3n) is 4.36. The van der Waals surface area contributed by atoms with Crippen LogP contribution in [-0.4, -0.2) is 58.2 Å². The Labute approximate surface area is 137 Å². The first-order valence-corrected chi connectivity index (χ1v) is 8.53. The maximum atomic E-state index is 5.49. The van der Waals surface area contributed by atoms with Crippen LogP contribution < -0.4 is 5.32 Å². The fraction of sp³-hybridized carbons (Fsp3) is 0.647. The lowest BCUT2D eigenvalue weighted by atomic mass is 10.0. The molecule has 3 rings (SSSR count). The first kappa shape index (κ1) is 16.4. The first-order chi connectivity index (χ1) is 11.2. The number of hydrogen-bond acceptors (Lipinski definition) is 5. The van der Waals surface area contributed by atoms with Gasteiger partial charge < -0.3 is 10.1 Å². The van der Waals surface area contributed by atoms with Crippen LogP contribution in [0, 0.1) is 5.92 Å². The third kappa shape index (κ3) is 4.28. The molecule has 1 saturated heterocycles. The van der Waals surface area contributed by atoms with Gasteiger partial charge in [0, 0.05) is 44.6 Å². The Morgan fingerprint density at radius 1 is 1.26 bits per heavy atom. The highest BCUT2D eigenvalue weighted by molar-refractivity contribution is 5.30. The summed E-state index contributed by atoms with van der Waals surface area (Å²) in [6.45, 7) is 10.2. The molecule has 1 unspecified atom stereocenters. The first-order valence-electron chi connectivity index (χ1n) is 8.53. The van der Waals surface area contributed by atoms with Crippen molar-refractivity contribution < 1.29 is 4.74 Å². The van der Waals surface area contributed by atoms with Gasteiger partial charge in [-0.2, -0.15) is 0 Å². The van der Waals surface area contributed by atoms with Gasteiger partial charge in [-0.1, -0.05) is 13.8 Å². The Kier molecular flexibility index (Phi) is 5.59. The fourth-order valence-corrected chi connectivity index (χ4v) is 3.22. The summed E-state index contributed by atoms with van der Waals surface area (Å²) in [6.07, 6.45) is 6.90. The van der Waals surface area contributed by atoms with Crippen LogP contribution in [0.5, 0.6) is 0 Å². The number of ether oxygens (including phenoxy) is 1. The lowest BCUT2D eigenvalue weighted by molar-refractivity contribution is 0.0123. The molecular formula is C17H27N5O. The van der Waals surface area contributed by atoms with Crippen molar-refractivity contribution >= 4 is 5.78 Å². The van der Waals surface area contributed by atoms with Gasteiger partial charge in [0.1, 0.15) is 0 Å². The summed E-state index contributed by atoms with van der Waals surface area (Å²) in [4.78, 5) is 11.2. The van der Waals surface area contributed by atoms with E-state index >= 15 is 0 Å². The molecule has 0 spiro atoms. The summed E-state index contributed by atoms with van der Waals surface area (Å²) < 4.78 is 7.53. The fourth-order valence-electron chi connectivity index (χ4n) is 3.22. The average molecular weight is 317 g/mol. The predicted molar refractivity (Wildman–Crippen MR) is 90.3 cm³/mol. The zero-order chi connectivity index (χ0) is 16.1. The smallest absolute Gasteiger partial charge is 0.233 e. The molecule has 0 radical (unpaired) electrons. The van der Waals surface area contributed by atoms with E-state index in [1.54, 1.807) is 6.20 Å². The Morgan fingerprint density at radius 2 is 2.09 bits per heavy atom. The highest BCUT2D eigenvalue weighted by Gasteiger charge is 2.21. The maximum Gasteiger partial charge on any atom is 0.233 e. The Hall–Kier alpha value is -1.50. The standard InChI is InChI=1S/C17H27N5O/c1-14(2)10-15(21-6-8-23-9-7-21)11-18-12-16-13-20-17-19-4-3-5-22(16)17/h3-5,13-15,18H,6-12H2,1-2H3. The van der Waals surface area contributed by atoms with Gasteiger partial charge in [0.25, 0.3) is 0 Å². The molecule has 1 atom stereocenters. The normalized spacial score (nSPS) is 17.9. The minimum Gasteiger partial charge on any atom is -0.379 e. The summed E-state index contributed by atoms with van der Waals surface area (Å²) in [7, 11) is 0. The van der Waals surface area contributed by atoms with Gasteiger partial charge in [0.05, 0.1) is 25.1 Å². The number of hydrogen-bond donors (Lipinski definition) is 1. The van der Waals surface area contributed by atoms with Crippen LogP contribution in [0.2, 0.25) is 0 Å². The molecular weight excluding hydrogens is 290 g/mol. The lowest BCUT2D eigenvalue weighted by Gasteiger charge is -2.35. The summed E-state index contributed by atoms with van der Waals surface area (Å²) in [5.74, 6) is 1.46. The molecule has 2 aromatic rings. The van der Waals surface area contributed by atoms with E-state index in [4.69, 9.17) is 4.74 Å². The van der Waals surface area contributed by atoms with Crippen LogP contribution in [-0.2, 0) is 11.3 Å². The van der Waals surface area contributed by atoms with E-state index in [-0.39, 0.29) is 0 Å². The lowest BCUT2D eigenvalue weighted by Crippen LogP contribution is -2.48. The molecule has 6 nitrogen and oxygen atoms in total. The van der Waals surface area contributed by atoms with Crippen molar-refractivity contribution in [2.24, 2.45) is 5.92 Å². The van der Waals surface area contributed by atoms with Gasteiger partial charge in [-0.25, -0.2) is 9.97 Å². The van der Waals surface area contributed by atoms with E-state index in [2.05, 4.69) is 34.0 Å². The number of rotatable bonds is 7. The second-order valence-electron chi connectivity index (χ2n) is 6.60. The highest BCUT2D eigenvalue weighted by atomic mass is 16.5. The molecule has 1 aliphatic rings. The van der Waals surface area contributed by atoms with Gasteiger partial charge in [-0.3, -0.25) is 9.30 Å². The van der Waals surface area contributed by atoms with Crippen molar-refractivity contribution in [3.05, 3.63) is 30.4 Å². The molecule has 0 aliphatic carbocycles. The minimum absolute atomic E-state index is 0.566. The van der Waals surface area contributed by atoms with Crippen LogP contribution in [0.1, 0.15) is 26.0 Å². The van der Waals surface area contributed by atoms with Crippen LogP contribution in [0.15, 0.2) is 24.7 Å². The van der Waals surface area contributed by atoms with Crippen molar-refractivity contribution in [3.8, 4) is 0 Å². The largest absolute Gasteiger partial charge is 0.379 e. The third-order valence-corrected chi connectivity index (χ3v) is 4.36. The van der Waals surface area contributed by atoms with Crippen molar-refractivity contribution in [1.82, 2.24) is 24.6 Å². The van der Waals surface area contributed by atoms with Crippen molar-refractivity contribution in [1.29, 1.82) is 0 Å². The van der Waals surface area contributed by atoms with Crippen LogP contribution in [0.25, 0.3) is 5.78 Å². The molecule has 1 N–H and O–H groups in total. The second-order valence-corrected chi connectivity index (χ2v) is 6.60. The van der Waals surface area contributed by atoms with Crippen molar-refractivity contribution in [2.45, 2.75) is 32.9 Å². The van der Waals surface area contributed by atoms with Crippen LogP contribution in [0.4, 0.5) is 0 Å². The van der Waals surface area contributed by atoms with E-state index in [1.165, 1.54) is 6.42 Å². The molecule has 1 fully saturated rings. The molecule has 0 aromatic carbocycles. The van der Waals surface area contributed by atoms with Gasteiger partial charge >= 0.3 is 0 Å². The number of nitrogens with one attached hydrogen (secondary N) is 1. The monoisotopic (exact) mass is 317 g/mol. The molecule has 23 heavy (non-hydrogen) atoms. The number of morpholine rings is 1. The van der Waals surface area contributed by atoms with Crippen molar-refractivity contribution in [3.63, 3.8) is 0 Å². The summed E-state index contributed by atoms with van der Waals surface area (Å²) in [5.41, 5.74) is 1.15. The van der Waals surface area contributed by atoms with Crippen molar-refractivity contribution in [2.75, 3.05) is 32.8 Å². The Morgan fingerprint density at radius 3 is 2.87 bits per heavy atom. The van der Waals surface area contributed by atoms with E-state index in [1.807, 2.05) is 22.9 Å². The molecule has 1 aliphatic heterocycles. The maximum absolute atomic E-state index is 5.49. The number of fused-ring (bicyclic) bond motifs is 1. The van der Waals surface area contributed by atoms with Gasteiger partial charge in [0.2, 0.25) is 5.78 Å². The molecule has 126 valence electrons. The van der Waals surface area contributed by atoms with E-state index < -0.39 is 0 Å². The molecule has 0 bridgehead atoms. The Balaban J connectivity index is 1.57. The summed E-state index contributed by atoms with van der Waals surface area (Å²) in [5, 5.41) is 3.61. The molecule has 0 saturated carbocycles. The predicted octanol–water partition coefficient (Wildman–Crippen LogP) is 1.57. The van der Waals surface area contributed by atoms with Gasteiger partial charge in [-0.05, 0) is 18.4 Å². The Bertz CT molecular complexity index is 606. The van der Waals surface area contributed by atoms with Crippen LogP contribution >= 0.6 is 0 Å². The quantitative estimate of drug-likeness (QED) is 0.840. The van der Waals surface area contributed by atoms with E-state index in [0.717, 1.165) is 50.9 Å². The second kappa shape index (κ2) is 7.86. The molecule has 0 amide bonds. The van der Waals surface area contributed by atoms with E-state index in [9.17, 15) is 0 Å². The minimum atomic E-state index is 0.566. The number of imidazole rings is 1. The topological polar surface area (TPSA) is 54.7 Å². The summed E-state index contributed by atoms with van der Waals surface area (Å²) >= 11 is 0. The zero-order valence-corrected chi connectivity index (χ0v) is 14.1. The molecule has 6 heteroatoms.